The molecule has 0 aliphatic rings. The minimum Gasteiger partial charge on any atom is -0.403 e. The molecule has 10 aromatic rings. The maximum absolute atomic E-state index is 12.2. The molecule has 0 unspecified atom stereocenters. The predicted octanol–water partition coefficient (Wildman–Crippen LogP) is 8.05. The second kappa shape index (κ2) is 14.0. The minimum atomic E-state index is -0.457. The fourth-order valence-electron chi connectivity index (χ4n) is 6.11. The van der Waals surface area contributed by atoms with E-state index in [1.165, 1.54) is 0 Å². The van der Waals surface area contributed by atoms with Gasteiger partial charge in [0.1, 0.15) is 0 Å². The predicted molar refractivity (Wildman–Crippen MR) is 210 cm³/mol. The first-order chi connectivity index (χ1) is 27.4. The maximum Gasteiger partial charge on any atom is 0.347 e. The molecule has 10 rings (SSSR count). The Morgan fingerprint density at radius 2 is 0.554 bits per heavy atom. The van der Waals surface area contributed by atoms with E-state index in [4.69, 9.17) is 17.7 Å². The van der Waals surface area contributed by atoms with Gasteiger partial charge < -0.3 is 17.7 Å². The Balaban J connectivity index is 0.000000146. The van der Waals surface area contributed by atoms with Crippen molar-refractivity contribution in [3.63, 3.8) is 0 Å². The molecule has 0 N–H and O–H groups in total. The largest absolute Gasteiger partial charge is 0.403 e. The lowest BCUT2D eigenvalue weighted by Crippen LogP contribution is -2.03. The second-order valence-corrected chi connectivity index (χ2v) is 12.5. The molecular weight excluding hydrogens is 713 g/mol. The monoisotopic (exact) mass is 736 g/mol. The third-order valence-corrected chi connectivity index (χ3v) is 8.88. The van der Waals surface area contributed by atoms with Gasteiger partial charge in [0.05, 0.1) is 43.6 Å². The van der Waals surface area contributed by atoms with Crippen molar-refractivity contribution in [1.82, 2.24) is 19.9 Å². The molecule has 4 aromatic heterocycles. The summed E-state index contributed by atoms with van der Waals surface area (Å²) in [6.45, 7) is 0. The minimum absolute atomic E-state index is 0.189. The highest BCUT2D eigenvalue weighted by Crippen LogP contribution is 2.26. The first kappa shape index (κ1) is 33.7. The number of rotatable bonds is 4. The van der Waals surface area contributed by atoms with Crippen LogP contribution in [0.2, 0.25) is 0 Å². The summed E-state index contributed by atoms with van der Waals surface area (Å²) in [5, 5.41) is 1.71. The van der Waals surface area contributed by atoms with E-state index >= 15 is 0 Å². The highest BCUT2D eigenvalue weighted by molar-refractivity contribution is 5.82. The molecule has 12 nitrogen and oxygen atoms in total. The zero-order valence-electron chi connectivity index (χ0n) is 28.9. The number of benzene rings is 6. The van der Waals surface area contributed by atoms with Gasteiger partial charge in [0.15, 0.2) is 0 Å². The summed E-state index contributed by atoms with van der Waals surface area (Å²) >= 11 is 0. The van der Waals surface area contributed by atoms with E-state index in [1.807, 2.05) is 24.3 Å². The first-order valence-corrected chi connectivity index (χ1v) is 17.2. The van der Waals surface area contributed by atoms with Gasteiger partial charge in [0, 0.05) is 22.3 Å². The van der Waals surface area contributed by atoms with Crippen molar-refractivity contribution in [1.29, 1.82) is 0 Å². The topological polar surface area (TPSA) is 172 Å². The van der Waals surface area contributed by atoms with Crippen LogP contribution in [0.3, 0.4) is 0 Å². The third-order valence-electron chi connectivity index (χ3n) is 8.88. The number of hydrogen-bond acceptors (Lipinski definition) is 12. The van der Waals surface area contributed by atoms with Crippen molar-refractivity contribution in [2.24, 2.45) is 0 Å². The molecule has 4 heterocycles. The summed E-state index contributed by atoms with van der Waals surface area (Å²) in [6, 6.07) is 42.0. The SMILES string of the molecule is O=c1oc(-c2ccc(-c3nc4ccccc4c(=O)o3)cc2)nc2ccccc12.O=c1oc(-c2cccc(-c3nc4ccccc4c(=O)o3)c2)nc2ccccc12. The van der Waals surface area contributed by atoms with Crippen molar-refractivity contribution >= 4 is 43.6 Å². The Labute approximate surface area is 313 Å². The van der Waals surface area contributed by atoms with Crippen LogP contribution in [-0.4, -0.2) is 19.9 Å². The van der Waals surface area contributed by atoms with Crippen LogP contribution in [0.1, 0.15) is 0 Å². The molecular formula is C44H24N4O8. The van der Waals surface area contributed by atoms with Crippen LogP contribution < -0.4 is 22.5 Å². The summed E-state index contributed by atoms with van der Waals surface area (Å²) in [5.41, 5.74) is 2.88. The molecule has 0 saturated heterocycles. The summed E-state index contributed by atoms with van der Waals surface area (Å²) in [7, 11) is 0. The van der Waals surface area contributed by atoms with Crippen LogP contribution >= 0.6 is 0 Å². The lowest BCUT2D eigenvalue weighted by atomic mass is 10.1. The molecule has 268 valence electrons. The molecule has 0 bridgehead atoms. The Bertz CT molecular complexity index is 3150. The highest BCUT2D eigenvalue weighted by Gasteiger charge is 2.14. The molecule has 6 aromatic carbocycles. The lowest BCUT2D eigenvalue weighted by Gasteiger charge is -2.05. The number of aromatic nitrogens is 4. The van der Waals surface area contributed by atoms with Crippen LogP contribution in [0.5, 0.6) is 0 Å². The van der Waals surface area contributed by atoms with Gasteiger partial charge >= 0.3 is 22.5 Å². The van der Waals surface area contributed by atoms with Crippen molar-refractivity contribution in [3.05, 3.63) is 187 Å². The summed E-state index contributed by atoms with van der Waals surface area (Å²) < 4.78 is 21.5. The van der Waals surface area contributed by atoms with E-state index < -0.39 is 22.5 Å². The standard InChI is InChI=1S/2C22H12N2O4/c25-21-15-8-1-3-10-17(15)23-19(27-21)13-6-5-7-14(12-13)20-24-18-11-4-2-9-16(18)22(26)28-20;25-21-15-5-1-3-7-17(15)23-19(27-21)13-9-11-14(12-10-13)20-24-18-8-4-2-6-16(18)22(26)28-20/h2*1-12H. The quantitative estimate of drug-likeness (QED) is 0.170. The van der Waals surface area contributed by atoms with Gasteiger partial charge in [-0.2, -0.15) is 0 Å². The van der Waals surface area contributed by atoms with Gasteiger partial charge in [-0.1, -0.05) is 54.6 Å². The van der Waals surface area contributed by atoms with E-state index in [0.717, 1.165) is 0 Å². The molecule has 0 spiro atoms. The lowest BCUT2D eigenvalue weighted by molar-refractivity contribution is 0.516. The average molecular weight is 737 g/mol. The van der Waals surface area contributed by atoms with Gasteiger partial charge in [-0.05, 0) is 91.0 Å². The van der Waals surface area contributed by atoms with Crippen LogP contribution in [0.25, 0.3) is 89.4 Å². The van der Waals surface area contributed by atoms with Gasteiger partial charge in [-0.3, -0.25) is 0 Å². The molecule has 0 aliphatic carbocycles. The summed E-state index contributed by atoms with van der Waals surface area (Å²) in [6.07, 6.45) is 0. The van der Waals surface area contributed by atoms with E-state index in [0.29, 0.717) is 65.9 Å². The number of para-hydroxylation sites is 4. The zero-order valence-corrected chi connectivity index (χ0v) is 28.9. The van der Waals surface area contributed by atoms with Gasteiger partial charge in [0.2, 0.25) is 23.6 Å². The van der Waals surface area contributed by atoms with Crippen molar-refractivity contribution in [2.45, 2.75) is 0 Å². The Morgan fingerprint density at radius 3 is 0.857 bits per heavy atom. The average Bonchev–Trinajstić information content (AvgIpc) is 3.24. The van der Waals surface area contributed by atoms with Gasteiger partial charge in [-0.25, -0.2) is 39.1 Å². The first-order valence-electron chi connectivity index (χ1n) is 17.2. The number of hydrogen-bond donors (Lipinski definition) is 0. The molecule has 0 amide bonds. The molecule has 12 heteroatoms. The van der Waals surface area contributed by atoms with E-state index in [1.54, 1.807) is 121 Å². The maximum atomic E-state index is 12.2. The fraction of sp³-hybridized carbons (Fsp3) is 0. The van der Waals surface area contributed by atoms with Crippen LogP contribution in [0.15, 0.2) is 182 Å². The molecule has 0 aliphatic heterocycles. The number of nitrogens with zero attached hydrogens (tertiary/aromatic N) is 4. The zero-order chi connectivity index (χ0) is 38.2. The van der Waals surface area contributed by atoms with E-state index in [9.17, 15) is 19.2 Å². The molecule has 0 fully saturated rings. The van der Waals surface area contributed by atoms with Crippen molar-refractivity contribution in [2.75, 3.05) is 0 Å². The van der Waals surface area contributed by atoms with E-state index in [-0.39, 0.29) is 23.6 Å². The van der Waals surface area contributed by atoms with Gasteiger partial charge in [-0.15, -0.1) is 0 Å². The van der Waals surface area contributed by atoms with Crippen LogP contribution in [0.4, 0.5) is 0 Å². The second-order valence-electron chi connectivity index (χ2n) is 12.5. The smallest absolute Gasteiger partial charge is 0.347 e. The Morgan fingerprint density at radius 1 is 0.286 bits per heavy atom. The fourth-order valence-corrected chi connectivity index (χ4v) is 6.11. The summed E-state index contributed by atoms with van der Waals surface area (Å²) in [5.74, 6) is 0.828. The van der Waals surface area contributed by atoms with Crippen LogP contribution in [0, 0.1) is 0 Å². The Hall–Kier alpha value is -8.12. The van der Waals surface area contributed by atoms with Crippen molar-refractivity contribution in [3.8, 4) is 45.8 Å². The van der Waals surface area contributed by atoms with Crippen molar-refractivity contribution < 1.29 is 17.7 Å². The molecule has 0 atom stereocenters. The third kappa shape index (κ3) is 6.43. The Kier molecular flexibility index (Phi) is 8.44. The van der Waals surface area contributed by atoms with Crippen LogP contribution in [-0.2, 0) is 0 Å². The van der Waals surface area contributed by atoms with E-state index in [2.05, 4.69) is 19.9 Å². The number of fused-ring (bicyclic) bond motifs is 4. The van der Waals surface area contributed by atoms with Gasteiger partial charge in [0.25, 0.3) is 0 Å². The molecule has 56 heavy (non-hydrogen) atoms. The molecule has 0 radical (unpaired) electrons. The normalized spacial score (nSPS) is 11.1. The highest BCUT2D eigenvalue weighted by atomic mass is 16.4. The summed E-state index contributed by atoms with van der Waals surface area (Å²) in [4.78, 5) is 66.5. The molecule has 0 saturated carbocycles.